The number of esters is 3. The van der Waals surface area contributed by atoms with E-state index in [1.54, 1.807) is 62.3 Å². The third-order valence-electron chi connectivity index (χ3n) is 3.01. The molecular weight excluding hydrogens is 382 g/mol. The highest BCUT2D eigenvalue weighted by Crippen LogP contribution is 2.15. The zero-order valence-electron chi connectivity index (χ0n) is 19.0. The zero-order valence-corrected chi connectivity index (χ0v) is 19.0. The highest BCUT2D eigenvalue weighted by molar-refractivity contribution is 5.84. The first-order chi connectivity index (χ1) is 12.8. The predicted molar refractivity (Wildman–Crippen MR) is 105 cm³/mol. The summed E-state index contributed by atoms with van der Waals surface area (Å²) in [5, 5.41) is 9.63. The van der Waals surface area contributed by atoms with Gasteiger partial charge in [0.15, 0.2) is 0 Å². The molecule has 0 aromatic carbocycles. The van der Waals surface area contributed by atoms with Gasteiger partial charge in [0.2, 0.25) is 0 Å². The summed E-state index contributed by atoms with van der Waals surface area (Å²) in [6.07, 6.45) is -0.543. The van der Waals surface area contributed by atoms with Gasteiger partial charge in [-0.1, -0.05) is 0 Å². The Hall–Kier alpha value is -2.16. The van der Waals surface area contributed by atoms with Crippen LogP contribution in [0.4, 0.5) is 0 Å². The summed E-state index contributed by atoms with van der Waals surface area (Å²) in [4.78, 5) is 49.5. The fourth-order valence-electron chi connectivity index (χ4n) is 2.27. The topological polar surface area (TPSA) is 119 Å². The Morgan fingerprint density at radius 3 is 1.28 bits per heavy atom. The van der Waals surface area contributed by atoms with Crippen LogP contribution in [0.5, 0.6) is 0 Å². The second-order valence-electron chi connectivity index (χ2n) is 9.72. The van der Waals surface area contributed by atoms with Crippen LogP contribution in [-0.2, 0) is 33.4 Å². The molecular formula is C20H35NO8. The van der Waals surface area contributed by atoms with E-state index in [0.29, 0.717) is 0 Å². The highest BCUT2D eigenvalue weighted by atomic mass is 16.6. The first kappa shape index (κ1) is 26.8. The van der Waals surface area contributed by atoms with Crippen molar-refractivity contribution in [2.45, 2.75) is 91.6 Å². The molecule has 0 radical (unpaired) electrons. The molecule has 0 aliphatic rings. The van der Waals surface area contributed by atoms with Gasteiger partial charge in [-0.3, -0.25) is 24.1 Å². The quantitative estimate of drug-likeness (QED) is 0.468. The standard InChI is InChI=1S/C20H35NO8/c1-18(2,3)27-14(22)10-13(17(25)26)21(11-15(23)28-19(4,5)6)12-16(24)29-20(7,8)9/h13H,10-12H2,1-9H3,(H,25,26)/t13-/m0/s1. The van der Waals surface area contributed by atoms with E-state index >= 15 is 0 Å². The summed E-state index contributed by atoms with van der Waals surface area (Å²) in [6.45, 7) is 13.9. The number of carboxylic acids is 1. The third-order valence-corrected chi connectivity index (χ3v) is 3.01. The molecule has 0 aromatic heterocycles. The van der Waals surface area contributed by atoms with Crippen LogP contribution in [0.25, 0.3) is 0 Å². The lowest BCUT2D eigenvalue weighted by atomic mass is 10.1. The molecule has 0 aliphatic carbocycles. The number of rotatable bonds is 8. The molecule has 0 rings (SSSR count). The summed E-state index contributed by atoms with van der Waals surface area (Å²) in [5.74, 6) is -3.58. The molecule has 0 heterocycles. The summed E-state index contributed by atoms with van der Waals surface area (Å²) in [5.41, 5.74) is -2.39. The van der Waals surface area contributed by atoms with Crippen molar-refractivity contribution in [1.82, 2.24) is 4.90 Å². The number of carbonyl (C=O) groups is 4. The van der Waals surface area contributed by atoms with E-state index < -0.39 is 66.2 Å². The molecule has 0 unspecified atom stereocenters. The van der Waals surface area contributed by atoms with Crippen molar-refractivity contribution in [3.63, 3.8) is 0 Å². The molecule has 1 N–H and O–H groups in total. The largest absolute Gasteiger partial charge is 0.480 e. The molecule has 9 nitrogen and oxygen atoms in total. The van der Waals surface area contributed by atoms with E-state index in [2.05, 4.69) is 0 Å². The van der Waals surface area contributed by atoms with Crippen LogP contribution in [0.2, 0.25) is 0 Å². The molecule has 1 atom stereocenters. The minimum atomic E-state index is -1.47. The lowest BCUT2D eigenvalue weighted by Crippen LogP contribution is -2.49. The van der Waals surface area contributed by atoms with Crippen molar-refractivity contribution in [3.05, 3.63) is 0 Å². The van der Waals surface area contributed by atoms with Crippen LogP contribution in [0, 0.1) is 0 Å². The zero-order chi connectivity index (χ0) is 23.2. The lowest BCUT2D eigenvalue weighted by Gasteiger charge is -2.30. The first-order valence-electron chi connectivity index (χ1n) is 9.41. The molecule has 0 amide bonds. The van der Waals surface area contributed by atoms with Gasteiger partial charge in [0.25, 0.3) is 0 Å². The number of hydrogen-bond acceptors (Lipinski definition) is 8. The van der Waals surface area contributed by atoms with Crippen molar-refractivity contribution < 1.29 is 38.5 Å². The molecule has 0 bridgehead atoms. The van der Waals surface area contributed by atoms with Gasteiger partial charge in [-0.05, 0) is 62.3 Å². The van der Waals surface area contributed by atoms with Gasteiger partial charge in [0, 0.05) is 0 Å². The summed E-state index contributed by atoms with van der Waals surface area (Å²) < 4.78 is 15.6. The minimum Gasteiger partial charge on any atom is -0.480 e. The van der Waals surface area contributed by atoms with Gasteiger partial charge in [-0.15, -0.1) is 0 Å². The summed E-state index contributed by atoms with van der Waals surface area (Å²) >= 11 is 0. The summed E-state index contributed by atoms with van der Waals surface area (Å²) in [6, 6.07) is -1.47. The fourth-order valence-corrected chi connectivity index (χ4v) is 2.27. The predicted octanol–water partition coefficient (Wildman–Crippen LogP) is 2.16. The number of carbonyl (C=O) groups excluding carboxylic acids is 3. The van der Waals surface area contributed by atoms with Gasteiger partial charge in [0.1, 0.15) is 22.8 Å². The Balaban J connectivity index is 5.56. The van der Waals surface area contributed by atoms with E-state index in [9.17, 15) is 24.3 Å². The average molecular weight is 417 g/mol. The second kappa shape index (κ2) is 10.0. The van der Waals surface area contributed by atoms with E-state index in [1.807, 2.05) is 0 Å². The molecule has 168 valence electrons. The van der Waals surface area contributed by atoms with Gasteiger partial charge in [-0.2, -0.15) is 0 Å². The van der Waals surface area contributed by atoms with Crippen LogP contribution < -0.4 is 0 Å². The Kier molecular flexibility index (Phi) is 9.30. The van der Waals surface area contributed by atoms with E-state index in [0.717, 1.165) is 4.90 Å². The Morgan fingerprint density at radius 2 is 1.00 bits per heavy atom. The smallest absolute Gasteiger partial charge is 0.321 e. The van der Waals surface area contributed by atoms with E-state index in [4.69, 9.17) is 14.2 Å². The number of ether oxygens (including phenoxy) is 3. The lowest BCUT2D eigenvalue weighted by molar-refractivity contribution is -0.168. The molecule has 0 fully saturated rings. The molecule has 0 aromatic rings. The highest BCUT2D eigenvalue weighted by Gasteiger charge is 2.35. The van der Waals surface area contributed by atoms with E-state index in [-0.39, 0.29) is 0 Å². The van der Waals surface area contributed by atoms with Crippen molar-refractivity contribution >= 4 is 23.9 Å². The Morgan fingerprint density at radius 1 is 0.690 bits per heavy atom. The maximum Gasteiger partial charge on any atom is 0.321 e. The number of hydrogen-bond donors (Lipinski definition) is 1. The van der Waals surface area contributed by atoms with Crippen LogP contribution in [0.3, 0.4) is 0 Å². The summed E-state index contributed by atoms with van der Waals surface area (Å²) in [7, 11) is 0. The van der Waals surface area contributed by atoms with Gasteiger partial charge >= 0.3 is 23.9 Å². The monoisotopic (exact) mass is 417 g/mol. The van der Waals surface area contributed by atoms with Gasteiger partial charge in [-0.25, -0.2) is 0 Å². The molecule has 0 saturated heterocycles. The van der Waals surface area contributed by atoms with Crippen LogP contribution in [0.1, 0.15) is 68.7 Å². The third kappa shape index (κ3) is 13.6. The average Bonchev–Trinajstić information content (AvgIpc) is 2.37. The Labute approximate surface area is 172 Å². The first-order valence-corrected chi connectivity index (χ1v) is 9.41. The van der Waals surface area contributed by atoms with E-state index in [1.165, 1.54) is 0 Å². The van der Waals surface area contributed by atoms with Crippen molar-refractivity contribution in [2.75, 3.05) is 13.1 Å². The molecule has 0 saturated carbocycles. The number of carboxylic acid groups (broad SMARTS) is 1. The second-order valence-corrected chi connectivity index (χ2v) is 9.72. The fraction of sp³-hybridized carbons (Fsp3) is 0.800. The Bertz CT molecular complexity index is 577. The van der Waals surface area contributed by atoms with Gasteiger partial charge < -0.3 is 19.3 Å². The molecule has 9 heteroatoms. The van der Waals surface area contributed by atoms with Crippen LogP contribution in [-0.4, -0.2) is 69.8 Å². The molecule has 0 spiro atoms. The van der Waals surface area contributed by atoms with Crippen LogP contribution in [0.15, 0.2) is 0 Å². The normalized spacial score (nSPS) is 13.6. The van der Waals surface area contributed by atoms with Crippen molar-refractivity contribution in [3.8, 4) is 0 Å². The van der Waals surface area contributed by atoms with Crippen LogP contribution >= 0.6 is 0 Å². The minimum absolute atomic E-state index is 0.504. The number of aliphatic carboxylic acids is 1. The molecule has 29 heavy (non-hydrogen) atoms. The maximum atomic E-state index is 12.3. The molecule has 0 aliphatic heterocycles. The SMILES string of the molecule is CC(C)(C)OC(=O)C[C@@H](C(=O)O)N(CC(=O)OC(C)(C)C)CC(=O)OC(C)(C)C. The van der Waals surface area contributed by atoms with Crippen molar-refractivity contribution in [1.29, 1.82) is 0 Å². The van der Waals surface area contributed by atoms with Crippen molar-refractivity contribution in [2.24, 2.45) is 0 Å². The number of nitrogens with zero attached hydrogens (tertiary/aromatic N) is 1. The van der Waals surface area contributed by atoms with Gasteiger partial charge in [0.05, 0.1) is 19.5 Å². The maximum absolute atomic E-state index is 12.3.